The third kappa shape index (κ3) is 0.916. The fourth-order valence-electron chi connectivity index (χ4n) is 1.25. The molecule has 1 nitrogen and oxygen atoms in total. The highest BCUT2D eigenvalue weighted by Crippen LogP contribution is 2.30. The standard InChI is InChI=1S/C8H6Cl2O/c9-3-5-6(4-10)8-2-1-7(5)11-8/h1-2H,3-4H2. The maximum atomic E-state index is 5.71. The second kappa shape index (κ2) is 2.58. The van der Waals surface area contributed by atoms with Crippen molar-refractivity contribution < 1.29 is 4.42 Å². The number of rotatable bonds is 2. The van der Waals surface area contributed by atoms with Crippen LogP contribution in [0.2, 0.25) is 0 Å². The third-order valence-corrected chi connectivity index (χ3v) is 2.37. The summed E-state index contributed by atoms with van der Waals surface area (Å²) in [5, 5.41) is 0. The van der Waals surface area contributed by atoms with Crippen molar-refractivity contribution in [2.45, 2.75) is 11.8 Å². The van der Waals surface area contributed by atoms with E-state index in [9.17, 15) is 0 Å². The Bertz CT molecular complexity index is 320. The van der Waals surface area contributed by atoms with E-state index in [0.29, 0.717) is 11.8 Å². The molecular weight excluding hydrogens is 183 g/mol. The number of alkyl halides is 2. The van der Waals surface area contributed by atoms with Crippen LogP contribution in [0.4, 0.5) is 0 Å². The molecule has 0 aliphatic carbocycles. The first kappa shape index (κ1) is 7.26. The lowest BCUT2D eigenvalue weighted by Crippen LogP contribution is -1.83. The highest BCUT2D eigenvalue weighted by Gasteiger charge is 2.13. The van der Waals surface area contributed by atoms with Crippen LogP contribution in [0.3, 0.4) is 0 Å². The van der Waals surface area contributed by atoms with Crippen molar-refractivity contribution in [3.05, 3.63) is 23.3 Å². The van der Waals surface area contributed by atoms with Crippen LogP contribution < -0.4 is 0 Å². The summed E-state index contributed by atoms with van der Waals surface area (Å²) < 4.78 is 5.36. The lowest BCUT2D eigenvalue weighted by molar-refractivity contribution is 0.672. The van der Waals surface area contributed by atoms with Crippen molar-refractivity contribution in [3.63, 3.8) is 0 Å². The van der Waals surface area contributed by atoms with Gasteiger partial charge in [0.05, 0.1) is 11.8 Å². The lowest BCUT2D eigenvalue weighted by Gasteiger charge is -1.94. The first-order valence-corrected chi connectivity index (χ1v) is 4.38. The molecule has 0 N–H and O–H groups in total. The Labute approximate surface area is 74.2 Å². The summed E-state index contributed by atoms with van der Waals surface area (Å²) in [5.41, 5.74) is 3.81. The number of benzene rings is 1. The molecule has 0 amide bonds. The fourth-order valence-corrected chi connectivity index (χ4v) is 1.84. The topological polar surface area (TPSA) is 13.1 Å². The van der Waals surface area contributed by atoms with Gasteiger partial charge in [-0.1, -0.05) is 0 Å². The SMILES string of the molecule is ClCc1c(CCl)c2ccc1o2. The molecule has 0 aromatic carbocycles. The molecule has 2 aromatic heterocycles. The van der Waals surface area contributed by atoms with E-state index >= 15 is 0 Å². The minimum atomic E-state index is 0.477. The summed E-state index contributed by atoms with van der Waals surface area (Å²) in [4.78, 5) is 0. The lowest BCUT2D eigenvalue weighted by atomic mass is 10.1. The van der Waals surface area contributed by atoms with Crippen LogP contribution in [-0.4, -0.2) is 0 Å². The average molecular weight is 189 g/mol. The van der Waals surface area contributed by atoms with Crippen molar-refractivity contribution >= 4 is 34.4 Å². The van der Waals surface area contributed by atoms with Gasteiger partial charge in [-0.2, -0.15) is 0 Å². The van der Waals surface area contributed by atoms with Gasteiger partial charge < -0.3 is 4.42 Å². The van der Waals surface area contributed by atoms with Gasteiger partial charge >= 0.3 is 0 Å². The molecule has 0 saturated carbocycles. The van der Waals surface area contributed by atoms with Crippen LogP contribution in [0.5, 0.6) is 0 Å². The zero-order valence-corrected chi connectivity index (χ0v) is 7.24. The number of furan rings is 2. The number of hydrogen-bond donors (Lipinski definition) is 0. The fraction of sp³-hybridized carbons (Fsp3) is 0.250. The van der Waals surface area contributed by atoms with Crippen molar-refractivity contribution in [2.24, 2.45) is 0 Å². The minimum Gasteiger partial charge on any atom is -0.457 e. The normalized spacial score (nSPS) is 11.5. The Balaban J connectivity index is 2.67. The summed E-state index contributed by atoms with van der Waals surface area (Å²) >= 11 is 11.4. The van der Waals surface area contributed by atoms with E-state index in [2.05, 4.69) is 0 Å². The van der Waals surface area contributed by atoms with Gasteiger partial charge in [-0.15, -0.1) is 23.2 Å². The molecule has 3 heteroatoms. The van der Waals surface area contributed by atoms with E-state index in [1.165, 1.54) is 0 Å². The molecule has 0 atom stereocenters. The van der Waals surface area contributed by atoms with Gasteiger partial charge in [0.25, 0.3) is 0 Å². The molecule has 0 aliphatic rings. The molecule has 2 rings (SSSR count). The van der Waals surface area contributed by atoms with Gasteiger partial charge in [0.2, 0.25) is 0 Å². The van der Waals surface area contributed by atoms with Gasteiger partial charge in [0.1, 0.15) is 11.2 Å². The van der Waals surface area contributed by atoms with Gasteiger partial charge in [-0.25, -0.2) is 0 Å². The highest BCUT2D eigenvalue weighted by molar-refractivity contribution is 6.20. The number of hydrogen-bond acceptors (Lipinski definition) is 1. The summed E-state index contributed by atoms with van der Waals surface area (Å²) in [6.45, 7) is 0. The molecule has 0 fully saturated rings. The number of halogens is 2. The molecule has 0 aliphatic heterocycles. The summed E-state index contributed by atoms with van der Waals surface area (Å²) in [7, 11) is 0. The Morgan fingerprint density at radius 2 is 1.45 bits per heavy atom. The monoisotopic (exact) mass is 188 g/mol. The van der Waals surface area contributed by atoms with Crippen molar-refractivity contribution in [1.82, 2.24) is 0 Å². The molecule has 2 heterocycles. The summed E-state index contributed by atoms with van der Waals surface area (Å²) in [6.07, 6.45) is 0. The van der Waals surface area contributed by atoms with Crippen molar-refractivity contribution in [1.29, 1.82) is 0 Å². The second-order valence-electron chi connectivity index (χ2n) is 2.39. The molecule has 2 bridgehead atoms. The number of fused-ring (bicyclic) bond motifs is 2. The Kier molecular flexibility index (Phi) is 1.70. The zero-order valence-electron chi connectivity index (χ0n) is 5.73. The van der Waals surface area contributed by atoms with E-state index in [1.54, 1.807) is 0 Å². The highest BCUT2D eigenvalue weighted by atomic mass is 35.5. The summed E-state index contributed by atoms with van der Waals surface area (Å²) in [5.74, 6) is 0.955. The van der Waals surface area contributed by atoms with Crippen LogP contribution >= 0.6 is 23.2 Å². The van der Waals surface area contributed by atoms with Gasteiger partial charge in [-0.05, 0) is 12.1 Å². The molecule has 0 saturated heterocycles. The molecule has 2 aromatic rings. The van der Waals surface area contributed by atoms with Crippen LogP contribution in [0, 0.1) is 0 Å². The van der Waals surface area contributed by atoms with Crippen molar-refractivity contribution in [2.75, 3.05) is 0 Å². The predicted octanol–water partition coefficient (Wildman–Crippen LogP) is 3.35. The van der Waals surface area contributed by atoms with Crippen LogP contribution in [-0.2, 0) is 11.8 Å². The van der Waals surface area contributed by atoms with E-state index < -0.39 is 0 Å². The van der Waals surface area contributed by atoms with E-state index in [1.807, 2.05) is 12.1 Å². The smallest absolute Gasteiger partial charge is 0.132 e. The maximum absolute atomic E-state index is 5.71. The van der Waals surface area contributed by atoms with Crippen LogP contribution in [0.1, 0.15) is 11.1 Å². The van der Waals surface area contributed by atoms with E-state index in [-0.39, 0.29) is 0 Å². The second-order valence-corrected chi connectivity index (χ2v) is 2.92. The molecule has 0 spiro atoms. The Morgan fingerprint density at radius 3 is 1.82 bits per heavy atom. The zero-order chi connectivity index (χ0) is 7.84. The Morgan fingerprint density at radius 1 is 1.00 bits per heavy atom. The van der Waals surface area contributed by atoms with Gasteiger partial charge in [-0.3, -0.25) is 0 Å². The van der Waals surface area contributed by atoms with Crippen molar-refractivity contribution in [3.8, 4) is 0 Å². The van der Waals surface area contributed by atoms with E-state index in [4.69, 9.17) is 27.6 Å². The quantitative estimate of drug-likeness (QED) is 0.660. The predicted molar refractivity (Wildman–Crippen MR) is 46.5 cm³/mol. The van der Waals surface area contributed by atoms with Gasteiger partial charge in [0, 0.05) is 11.1 Å². The molecule has 0 radical (unpaired) electrons. The largest absolute Gasteiger partial charge is 0.457 e. The molecular formula is C8H6Cl2O. The van der Waals surface area contributed by atoms with Gasteiger partial charge in [0.15, 0.2) is 0 Å². The average Bonchev–Trinajstić information content (AvgIpc) is 2.60. The van der Waals surface area contributed by atoms with E-state index in [0.717, 1.165) is 22.3 Å². The Hall–Kier alpha value is -0.400. The first-order valence-electron chi connectivity index (χ1n) is 3.31. The molecule has 58 valence electrons. The minimum absolute atomic E-state index is 0.477. The van der Waals surface area contributed by atoms with Crippen LogP contribution in [0.15, 0.2) is 16.5 Å². The summed E-state index contributed by atoms with van der Waals surface area (Å²) in [6, 6.07) is 3.84. The molecule has 0 unspecified atom stereocenters. The first-order chi connectivity index (χ1) is 5.36. The maximum Gasteiger partial charge on any atom is 0.132 e. The molecule has 11 heavy (non-hydrogen) atoms. The third-order valence-electron chi connectivity index (χ3n) is 1.83. The van der Waals surface area contributed by atoms with Crippen LogP contribution in [0.25, 0.3) is 11.2 Å².